The van der Waals surface area contributed by atoms with E-state index in [1.807, 2.05) is 14.1 Å². The zero-order chi connectivity index (χ0) is 12.4. The minimum Gasteiger partial charge on any atom is -0.423 e. The number of hydrogen-bond donors (Lipinski definition) is 0. The van der Waals surface area contributed by atoms with Crippen LogP contribution in [0, 0.1) is 0 Å². The lowest BCUT2D eigenvalue weighted by molar-refractivity contribution is -0.133. The predicted molar refractivity (Wildman–Crippen MR) is 59.3 cm³/mol. The maximum Gasteiger partial charge on any atom is 0.345 e. The second-order valence-corrected chi connectivity index (χ2v) is 3.79. The van der Waals surface area contributed by atoms with E-state index in [-0.39, 0.29) is 0 Å². The van der Waals surface area contributed by atoms with Crippen LogP contribution in [0.3, 0.4) is 0 Å². The summed E-state index contributed by atoms with van der Waals surface area (Å²) in [5, 5.41) is 0. The molecule has 2 heterocycles. The van der Waals surface area contributed by atoms with Crippen LogP contribution in [-0.2, 0) is 19.1 Å². The van der Waals surface area contributed by atoms with Crippen LogP contribution in [0.15, 0.2) is 47.6 Å². The van der Waals surface area contributed by atoms with Gasteiger partial charge in [-0.15, -0.1) is 0 Å². The van der Waals surface area contributed by atoms with Crippen molar-refractivity contribution in [2.24, 2.45) is 0 Å². The number of hydrogen-bond acceptors (Lipinski definition) is 5. The van der Waals surface area contributed by atoms with E-state index in [4.69, 9.17) is 9.47 Å². The van der Waals surface area contributed by atoms with Crippen molar-refractivity contribution in [3.05, 3.63) is 47.6 Å². The van der Waals surface area contributed by atoms with Gasteiger partial charge in [0.1, 0.15) is 11.5 Å². The number of carbonyl (C=O) groups excluding carboxylic acids is 2. The van der Waals surface area contributed by atoms with Gasteiger partial charge in [0, 0.05) is 32.4 Å². The molecule has 0 unspecified atom stereocenters. The molecular weight excluding hydrogens is 222 g/mol. The van der Waals surface area contributed by atoms with Gasteiger partial charge in [-0.05, 0) is 12.2 Å². The van der Waals surface area contributed by atoms with Gasteiger partial charge >= 0.3 is 11.9 Å². The third-order valence-corrected chi connectivity index (χ3v) is 2.03. The molecular formula is C12H11NO4. The number of ether oxygens (including phenoxy) is 2. The van der Waals surface area contributed by atoms with Crippen LogP contribution in [-0.4, -0.2) is 30.9 Å². The molecule has 0 spiro atoms. The second-order valence-electron chi connectivity index (χ2n) is 3.79. The van der Waals surface area contributed by atoms with Gasteiger partial charge in [0.05, 0.1) is 5.57 Å². The van der Waals surface area contributed by atoms with E-state index >= 15 is 0 Å². The SMILES string of the molecule is CN(C)/C=C1C=C(/C=C2\C=CC(=O)O2)OC/1=O. The number of cyclic esters (lactones) is 2. The van der Waals surface area contributed by atoms with Gasteiger partial charge < -0.3 is 14.4 Å². The van der Waals surface area contributed by atoms with Crippen LogP contribution in [0.2, 0.25) is 0 Å². The largest absolute Gasteiger partial charge is 0.423 e. The maximum atomic E-state index is 11.4. The van der Waals surface area contributed by atoms with Gasteiger partial charge in [-0.1, -0.05) is 0 Å². The summed E-state index contributed by atoms with van der Waals surface area (Å²) in [5.41, 5.74) is 0.454. The molecule has 0 N–H and O–H groups in total. The Morgan fingerprint density at radius 1 is 1.18 bits per heavy atom. The van der Waals surface area contributed by atoms with Crippen molar-refractivity contribution < 1.29 is 19.1 Å². The van der Waals surface area contributed by atoms with Gasteiger partial charge in [0.25, 0.3) is 0 Å². The van der Waals surface area contributed by atoms with Crippen molar-refractivity contribution in [1.82, 2.24) is 4.90 Å². The van der Waals surface area contributed by atoms with Crippen LogP contribution in [0.4, 0.5) is 0 Å². The molecule has 0 saturated heterocycles. The summed E-state index contributed by atoms with van der Waals surface area (Å²) in [6, 6.07) is 0. The molecule has 2 rings (SSSR count). The van der Waals surface area contributed by atoms with Crippen molar-refractivity contribution in [3.8, 4) is 0 Å². The summed E-state index contributed by atoms with van der Waals surface area (Å²) < 4.78 is 9.82. The highest BCUT2D eigenvalue weighted by molar-refractivity contribution is 5.95. The minimum absolute atomic E-state index is 0.359. The maximum absolute atomic E-state index is 11.4. The minimum atomic E-state index is -0.426. The normalized spacial score (nSPS) is 23.1. The van der Waals surface area contributed by atoms with Crippen LogP contribution < -0.4 is 0 Å². The summed E-state index contributed by atoms with van der Waals surface area (Å²) in [6.45, 7) is 0. The molecule has 0 aliphatic carbocycles. The molecule has 5 heteroatoms. The monoisotopic (exact) mass is 233 g/mol. The zero-order valence-electron chi connectivity index (χ0n) is 9.47. The first kappa shape index (κ1) is 11.2. The van der Waals surface area contributed by atoms with Gasteiger partial charge in [0.2, 0.25) is 0 Å². The van der Waals surface area contributed by atoms with Gasteiger partial charge in [-0.25, -0.2) is 9.59 Å². The standard InChI is InChI=1S/C12H11NO4/c1-13(2)7-8-5-10(17-12(8)15)6-9-3-4-11(14)16-9/h3-7H,1-2H3/b8-7-,9-6+. The molecule has 5 nitrogen and oxygen atoms in total. The van der Waals surface area contributed by atoms with E-state index in [2.05, 4.69) is 0 Å². The molecule has 0 radical (unpaired) electrons. The average Bonchev–Trinajstić information content (AvgIpc) is 2.74. The first-order chi connectivity index (χ1) is 8.04. The van der Waals surface area contributed by atoms with Crippen LogP contribution in [0.1, 0.15) is 0 Å². The van der Waals surface area contributed by atoms with Crippen LogP contribution in [0.25, 0.3) is 0 Å². The first-order valence-electron chi connectivity index (χ1n) is 4.98. The smallest absolute Gasteiger partial charge is 0.345 e. The molecule has 0 aromatic heterocycles. The quantitative estimate of drug-likeness (QED) is 0.523. The Balaban J connectivity index is 2.17. The highest BCUT2D eigenvalue weighted by Gasteiger charge is 2.21. The number of esters is 2. The molecule has 0 bridgehead atoms. The number of carbonyl (C=O) groups is 2. The van der Waals surface area contributed by atoms with Crippen molar-refractivity contribution >= 4 is 11.9 Å². The third-order valence-electron chi connectivity index (χ3n) is 2.03. The van der Waals surface area contributed by atoms with Crippen molar-refractivity contribution in [2.75, 3.05) is 14.1 Å². The van der Waals surface area contributed by atoms with Gasteiger partial charge in [-0.2, -0.15) is 0 Å². The first-order valence-corrected chi connectivity index (χ1v) is 4.98. The fraction of sp³-hybridized carbons (Fsp3) is 0.167. The second kappa shape index (κ2) is 4.29. The zero-order valence-corrected chi connectivity index (χ0v) is 9.47. The Morgan fingerprint density at radius 3 is 2.53 bits per heavy atom. The van der Waals surface area contributed by atoms with Crippen LogP contribution in [0.5, 0.6) is 0 Å². The summed E-state index contributed by atoms with van der Waals surface area (Å²) in [7, 11) is 3.62. The lowest BCUT2D eigenvalue weighted by Gasteiger charge is -2.03. The van der Waals surface area contributed by atoms with Gasteiger partial charge in [0.15, 0.2) is 0 Å². The summed E-state index contributed by atoms with van der Waals surface area (Å²) in [5.74, 6) is -0.123. The van der Waals surface area contributed by atoms with Gasteiger partial charge in [-0.3, -0.25) is 0 Å². The van der Waals surface area contributed by atoms with E-state index in [0.29, 0.717) is 17.1 Å². The van der Waals surface area contributed by atoms with E-state index in [9.17, 15) is 9.59 Å². The lowest BCUT2D eigenvalue weighted by Crippen LogP contribution is -2.06. The molecule has 0 aromatic carbocycles. The fourth-order valence-electron chi connectivity index (χ4n) is 1.40. The average molecular weight is 233 g/mol. The lowest BCUT2D eigenvalue weighted by atomic mass is 10.2. The summed E-state index contributed by atoms with van der Waals surface area (Å²) in [4.78, 5) is 24.0. The Morgan fingerprint density at radius 2 is 1.94 bits per heavy atom. The third kappa shape index (κ3) is 2.63. The topological polar surface area (TPSA) is 55.8 Å². The summed E-state index contributed by atoms with van der Waals surface area (Å²) in [6.07, 6.45) is 7.57. The van der Waals surface area contributed by atoms with E-state index < -0.39 is 11.9 Å². The molecule has 2 aliphatic heterocycles. The molecule has 0 amide bonds. The molecule has 2 aliphatic rings. The summed E-state index contributed by atoms with van der Waals surface area (Å²) >= 11 is 0. The highest BCUT2D eigenvalue weighted by atomic mass is 16.6. The Kier molecular flexibility index (Phi) is 2.82. The number of nitrogens with zero attached hydrogens (tertiary/aromatic N) is 1. The van der Waals surface area contributed by atoms with Crippen LogP contribution >= 0.6 is 0 Å². The van der Waals surface area contributed by atoms with E-state index in [0.717, 1.165) is 0 Å². The number of rotatable bonds is 2. The number of allylic oxidation sites excluding steroid dienone is 2. The van der Waals surface area contributed by atoms with Crippen molar-refractivity contribution in [2.45, 2.75) is 0 Å². The molecule has 0 fully saturated rings. The molecule has 17 heavy (non-hydrogen) atoms. The Bertz CT molecular complexity index is 495. The Labute approximate surface area is 98.3 Å². The van der Waals surface area contributed by atoms with Crippen molar-refractivity contribution in [1.29, 1.82) is 0 Å². The van der Waals surface area contributed by atoms with E-state index in [1.165, 1.54) is 18.2 Å². The molecule has 0 saturated carbocycles. The van der Waals surface area contributed by atoms with Crippen molar-refractivity contribution in [3.63, 3.8) is 0 Å². The Hall–Kier alpha value is -2.30. The fourth-order valence-corrected chi connectivity index (χ4v) is 1.40. The molecule has 0 aromatic rings. The predicted octanol–water partition coefficient (Wildman–Crippen LogP) is 0.869. The molecule has 0 atom stereocenters. The molecule has 88 valence electrons. The highest BCUT2D eigenvalue weighted by Crippen LogP contribution is 2.21. The van der Waals surface area contributed by atoms with E-state index in [1.54, 1.807) is 17.2 Å².